The van der Waals surface area contributed by atoms with E-state index in [0.717, 1.165) is 30.3 Å². The van der Waals surface area contributed by atoms with Crippen LogP contribution in [0.4, 0.5) is 29.6 Å². The summed E-state index contributed by atoms with van der Waals surface area (Å²) < 4.78 is 84.1. The number of aryl methyl sites for hydroxylation is 1. The predicted octanol–water partition coefficient (Wildman–Crippen LogP) is 6.52. The average molecular weight is 820 g/mol. The summed E-state index contributed by atoms with van der Waals surface area (Å²) in [5.41, 5.74) is -2.17. The van der Waals surface area contributed by atoms with Gasteiger partial charge < -0.3 is 18.9 Å². The van der Waals surface area contributed by atoms with Crippen molar-refractivity contribution in [2.24, 2.45) is 0 Å². The Kier molecular flexibility index (Phi) is 14.4. The summed E-state index contributed by atoms with van der Waals surface area (Å²) in [6.07, 6.45) is -5.94. The lowest BCUT2D eigenvalue weighted by molar-refractivity contribution is -0.385. The smallest absolute Gasteiger partial charge is 0.416 e. The minimum atomic E-state index is -4.61. The van der Waals surface area contributed by atoms with Gasteiger partial charge >= 0.3 is 30.2 Å². The van der Waals surface area contributed by atoms with E-state index in [1.165, 1.54) is 32.2 Å². The number of alkyl halides is 3. The fourth-order valence-electron chi connectivity index (χ4n) is 3.89. The molecule has 0 spiro atoms. The van der Waals surface area contributed by atoms with E-state index >= 15 is 0 Å². The number of sulfonamides is 1. The van der Waals surface area contributed by atoms with Crippen LogP contribution in [0.2, 0.25) is 10.0 Å². The van der Waals surface area contributed by atoms with Gasteiger partial charge in [-0.1, -0.05) is 35.3 Å². The van der Waals surface area contributed by atoms with Crippen molar-refractivity contribution in [3.05, 3.63) is 97.8 Å². The van der Waals surface area contributed by atoms with Crippen LogP contribution in [0.15, 0.2) is 65.6 Å². The lowest BCUT2D eigenvalue weighted by atomic mass is 10.1. The fraction of sp³-hybridized carbons (Fsp3) is 0.226. The zero-order valence-corrected chi connectivity index (χ0v) is 30.5. The topological polar surface area (TPSA) is 228 Å². The van der Waals surface area contributed by atoms with Crippen molar-refractivity contribution < 1.29 is 59.8 Å². The molecule has 0 saturated heterocycles. The maximum absolute atomic E-state index is 12.8. The molecular weight excluding hydrogens is 792 g/mol. The zero-order valence-electron chi connectivity index (χ0n) is 28.1. The molecule has 0 fully saturated rings. The number of anilines is 1. The standard InChI is InChI=1S/C19H15ClF3NO7.C12H12ClN5O4S/c1-3-29-17(25)10(2)30-18(26)13-9-12(5-6-15(13)24(27)28)31-16-7-4-11(8-14(16)20)19(21,22)23;1-7-14-10(17-12(15-7)22-2)16-11(19)18-23(20,21)9-6-4-3-5-8(9)13/h4-10H,3H2,1-2H3;3-6H,1-2H3,(H2,14,15,16,17,18,19). The summed E-state index contributed by atoms with van der Waals surface area (Å²) >= 11 is 11.6. The van der Waals surface area contributed by atoms with Gasteiger partial charge in [-0.2, -0.15) is 28.1 Å². The second kappa shape index (κ2) is 18.3. The number of benzene rings is 3. The van der Waals surface area contributed by atoms with E-state index in [9.17, 15) is 46.1 Å². The van der Waals surface area contributed by atoms with Crippen molar-refractivity contribution in [3.8, 4) is 17.5 Å². The first kappa shape index (κ1) is 42.6. The molecule has 3 aromatic carbocycles. The van der Waals surface area contributed by atoms with Crippen LogP contribution in [0.5, 0.6) is 17.5 Å². The zero-order chi connectivity index (χ0) is 40.4. The molecule has 0 bridgehead atoms. The summed E-state index contributed by atoms with van der Waals surface area (Å²) in [6.45, 7) is 4.38. The molecule has 4 aromatic rings. The monoisotopic (exact) mass is 818 g/mol. The normalized spacial score (nSPS) is 11.6. The van der Waals surface area contributed by atoms with Gasteiger partial charge in [0, 0.05) is 12.1 Å². The third-order valence-corrected chi connectivity index (χ3v) is 8.39. The first-order chi connectivity index (χ1) is 25.2. The van der Waals surface area contributed by atoms with E-state index in [-0.39, 0.29) is 45.0 Å². The minimum Gasteiger partial charge on any atom is -0.467 e. The van der Waals surface area contributed by atoms with Gasteiger partial charge in [0.1, 0.15) is 27.8 Å². The number of nitro benzene ring substituents is 1. The number of urea groups is 1. The first-order valence-electron chi connectivity index (χ1n) is 14.8. The van der Waals surface area contributed by atoms with Crippen molar-refractivity contribution in [1.29, 1.82) is 0 Å². The van der Waals surface area contributed by atoms with Gasteiger partial charge in [-0.05, 0) is 57.2 Å². The van der Waals surface area contributed by atoms with E-state index in [1.807, 2.05) is 4.72 Å². The van der Waals surface area contributed by atoms with Crippen LogP contribution < -0.4 is 19.5 Å². The number of carbonyl (C=O) groups excluding carboxylic acids is 3. The molecule has 2 amide bonds. The number of hydrogen-bond acceptors (Lipinski definition) is 14. The molecule has 1 heterocycles. The second-order valence-corrected chi connectivity index (χ2v) is 12.6. The van der Waals surface area contributed by atoms with Gasteiger partial charge in [0.05, 0.1) is 34.2 Å². The third-order valence-electron chi connectivity index (χ3n) is 6.26. The Labute approximate surface area is 313 Å². The molecule has 0 radical (unpaired) electrons. The Morgan fingerprint density at radius 2 is 1.69 bits per heavy atom. The molecule has 23 heteroatoms. The summed E-state index contributed by atoms with van der Waals surface area (Å²) in [5.74, 6) is -2.22. The third kappa shape index (κ3) is 11.9. The number of rotatable bonds is 11. The first-order valence-corrected chi connectivity index (χ1v) is 17.0. The van der Waals surface area contributed by atoms with Gasteiger partial charge in [0.2, 0.25) is 5.95 Å². The summed E-state index contributed by atoms with van der Waals surface area (Å²) in [5, 5.41) is 13.1. The molecule has 4 rings (SSSR count). The minimum absolute atomic E-state index is 0.00882. The number of halogens is 5. The van der Waals surface area contributed by atoms with E-state index in [4.69, 9.17) is 42.1 Å². The number of methoxy groups -OCH3 is 1. The molecule has 288 valence electrons. The molecule has 0 aliphatic carbocycles. The molecular formula is C31H27Cl2F3N6O11S. The van der Waals surface area contributed by atoms with E-state index < -0.39 is 62.0 Å². The Bertz CT molecular complexity index is 2160. The molecule has 1 atom stereocenters. The van der Waals surface area contributed by atoms with Gasteiger partial charge in [-0.15, -0.1) is 0 Å². The van der Waals surface area contributed by atoms with Crippen LogP contribution in [-0.2, 0) is 30.5 Å². The fourth-order valence-corrected chi connectivity index (χ4v) is 5.54. The molecule has 0 saturated carbocycles. The lowest BCUT2D eigenvalue weighted by Crippen LogP contribution is -2.35. The second-order valence-electron chi connectivity index (χ2n) is 10.2. The summed E-state index contributed by atoms with van der Waals surface area (Å²) in [6, 6.07) is 10.0. The predicted molar refractivity (Wildman–Crippen MR) is 183 cm³/mol. The van der Waals surface area contributed by atoms with Crippen LogP contribution in [0.1, 0.15) is 35.6 Å². The number of nitrogens with one attached hydrogen (secondary N) is 2. The Hall–Kier alpha value is -5.80. The van der Waals surface area contributed by atoms with Crippen molar-refractivity contribution in [2.45, 2.75) is 37.9 Å². The van der Waals surface area contributed by atoms with Crippen LogP contribution in [0, 0.1) is 17.0 Å². The number of nitrogens with zero attached hydrogens (tertiary/aromatic N) is 4. The van der Waals surface area contributed by atoms with Crippen molar-refractivity contribution in [1.82, 2.24) is 19.7 Å². The summed E-state index contributed by atoms with van der Waals surface area (Å²) in [7, 11) is -2.78. The number of aromatic nitrogens is 3. The highest BCUT2D eigenvalue weighted by atomic mass is 35.5. The van der Waals surface area contributed by atoms with E-state index in [2.05, 4.69) is 20.3 Å². The number of nitro groups is 1. The highest BCUT2D eigenvalue weighted by Crippen LogP contribution is 2.37. The van der Waals surface area contributed by atoms with Gasteiger partial charge in [-0.25, -0.2) is 27.5 Å². The highest BCUT2D eigenvalue weighted by Gasteiger charge is 2.31. The summed E-state index contributed by atoms with van der Waals surface area (Å²) in [4.78, 5) is 57.5. The van der Waals surface area contributed by atoms with Crippen LogP contribution in [0.3, 0.4) is 0 Å². The number of ether oxygens (including phenoxy) is 4. The Morgan fingerprint density at radius 1 is 1.00 bits per heavy atom. The van der Waals surface area contributed by atoms with Crippen molar-refractivity contribution >= 4 is 62.8 Å². The van der Waals surface area contributed by atoms with Crippen molar-refractivity contribution in [2.75, 3.05) is 19.0 Å². The average Bonchev–Trinajstić information content (AvgIpc) is 3.08. The largest absolute Gasteiger partial charge is 0.467 e. The van der Waals surface area contributed by atoms with Crippen LogP contribution >= 0.6 is 23.2 Å². The molecule has 1 unspecified atom stereocenters. The highest BCUT2D eigenvalue weighted by molar-refractivity contribution is 7.90. The number of carbonyl (C=O) groups is 3. The van der Waals surface area contributed by atoms with Gasteiger partial charge in [-0.3, -0.25) is 15.4 Å². The molecule has 54 heavy (non-hydrogen) atoms. The maximum atomic E-state index is 12.8. The Morgan fingerprint density at radius 3 is 2.28 bits per heavy atom. The van der Waals surface area contributed by atoms with E-state index in [0.29, 0.717) is 11.9 Å². The van der Waals surface area contributed by atoms with Gasteiger partial charge in [0.15, 0.2) is 6.10 Å². The van der Waals surface area contributed by atoms with Crippen molar-refractivity contribution in [3.63, 3.8) is 0 Å². The van der Waals surface area contributed by atoms with Crippen LogP contribution in [0.25, 0.3) is 0 Å². The van der Waals surface area contributed by atoms with Gasteiger partial charge in [0.25, 0.3) is 15.7 Å². The number of esters is 2. The SMILES string of the molecule is CCOC(=O)C(C)OC(=O)c1cc(Oc2ccc(C(F)(F)F)cc2Cl)ccc1[N+](=O)[O-].COc1nc(C)nc(NC(=O)NS(=O)(=O)c2ccccc2Cl)n1. The Balaban J connectivity index is 0.000000303. The van der Waals surface area contributed by atoms with E-state index in [1.54, 1.807) is 19.9 Å². The maximum Gasteiger partial charge on any atom is 0.416 e. The molecule has 1 aromatic heterocycles. The number of hydrogen-bond donors (Lipinski definition) is 2. The molecule has 17 nitrogen and oxygen atoms in total. The van der Waals surface area contributed by atoms with Crippen LogP contribution in [-0.4, -0.2) is 66.1 Å². The lowest BCUT2D eigenvalue weighted by Gasteiger charge is -2.13. The molecule has 0 aliphatic heterocycles. The molecule has 0 aliphatic rings. The quantitative estimate of drug-likeness (QED) is 0.0933. The number of amides is 2. The molecule has 2 N–H and O–H groups in total.